The lowest BCUT2D eigenvalue weighted by molar-refractivity contribution is -0.139. The molecule has 0 aromatic heterocycles. The van der Waals surface area contributed by atoms with E-state index in [1.807, 2.05) is 42.5 Å². The maximum Gasteiger partial charge on any atom is 0.405 e. The van der Waals surface area contributed by atoms with Gasteiger partial charge in [-0.15, -0.1) is 0 Å². The number of amides is 2. The molecule has 8 heteroatoms. The van der Waals surface area contributed by atoms with Crippen LogP contribution in [-0.2, 0) is 9.59 Å². The van der Waals surface area contributed by atoms with E-state index in [4.69, 9.17) is 4.74 Å². The monoisotopic (exact) mass is 380 g/mol. The van der Waals surface area contributed by atoms with Crippen molar-refractivity contribution in [2.45, 2.75) is 19.2 Å². The normalized spacial score (nSPS) is 12.1. The summed E-state index contributed by atoms with van der Waals surface area (Å²) in [5, 5.41) is 3.90. The van der Waals surface area contributed by atoms with Crippen LogP contribution in [0, 0.1) is 0 Å². The first-order valence-corrected chi connectivity index (χ1v) is 8.18. The smallest absolute Gasteiger partial charge is 0.405 e. The first-order valence-electron chi connectivity index (χ1n) is 8.18. The zero-order valence-electron chi connectivity index (χ0n) is 14.5. The Hall–Kier alpha value is -3.03. The average molecular weight is 380 g/mol. The van der Waals surface area contributed by atoms with Crippen molar-refractivity contribution in [3.8, 4) is 16.9 Å². The molecule has 0 aliphatic carbocycles. The molecule has 2 aromatic carbocycles. The Morgan fingerprint density at radius 2 is 1.56 bits per heavy atom. The number of nitrogens with one attached hydrogen (secondary N) is 2. The Morgan fingerprint density at radius 3 is 2.15 bits per heavy atom. The van der Waals surface area contributed by atoms with Gasteiger partial charge in [-0.1, -0.05) is 42.5 Å². The maximum atomic E-state index is 12.0. The zero-order valence-corrected chi connectivity index (χ0v) is 14.5. The number of rotatable bonds is 7. The summed E-state index contributed by atoms with van der Waals surface area (Å²) in [6.45, 7) is -0.523. The molecular weight excluding hydrogens is 361 g/mol. The summed E-state index contributed by atoms with van der Waals surface area (Å²) in [5.74, 6) is -1.08. The van der Waals surface area contributed by atoms with Crippen LogP contribution in [0.4, 0.5) is 13.2 Å². The van der Waals surface area contributed by atoms with Gasteiger partial charge in [0, 0.05) is 0 Å². The predicted molar refractivity (Wildman–Crippen MR) is 94.0 cm³/mol. The van der Waals surface area contributed by atoms with Crippen LogP contribution < -0.4 is 15.4 Å². The minimum absolute atomic E-state index is 0.457. The third-order valence-electron chi connectivity index (χ3n) is 3.55. The van der Waals surface area contributed by atoms with E-state index < -0.39 is 37.2 Å². The van der Waals surface area contributed by atoms with Gasteiger partial charge in [-0.25, -0.2) is 0 Å². The van der Waals surface area contributed by atoms with Crippen LogP contribution in [0.1, 0.15) is 6.92 Å². The standard InChI is InChI=1S/C19H19F3N2O3/c1-13(18(26)23-11-17(25)24-12-19(20,21)22)27-16-9-7-15(8-10-16)14-5-3-2-4-6-14/h2-10,13H,11-12H2,1H3,(H,23,26)(H,24,25). The van der Waals surface area contributed by atoms with Gasteiger partial charge in [-0.05, 0) is 30.2 Å². The molecule has 5 nitrogen and oxygen atoms in total. The Labute approximate surface area is 154 Å². The predicted octanol–water partition coefficient (Wildman–Crippen LogP) is 2.92. The van der Waals surface area contributed by atoms with E-state index in [2.05, 4.69) is 5.32 Å². The molecule has 2 N–H and O–H groups in total. The summed E-state index contributed by atoms with van der Waals surface area (Å²) in [5.41, 5.74) is 2.03. The van der Waals surface area contributed by atoms with Crippen molar-refractivity contribution < 1.29 is 27.5 Å². The molecule has 0 aliphatic rings. The lowest BCUT2D eigenvalue weighted by atomic mass is 10.1. The highest BCUT2D eigenvalue weighted by molar-refractivity contribution is 5.86. The second kappa shape index (κ2) is 9.07. The first-order chi connectivity index (χ1) is 12.7. The van der Waals surface area contributed by atoms with E-state index >= 15 is 0 Å². The van der Waals surface area contributed by atoms with Gasteiger partial charge in [0.2, 0.25) is 5.91 Å². The van der Waals surface area contributed by atoms with Gasteiger partial charge < -0.3 is 15.4 Å². The van der Waals surface area contributed by atoms with Crippen molar-refractivity contribution in [2.24, 2.45) is 0 Å². The second-order valence-corrected chi connectivity index (χ2v) is 5.76. The molecule has 2 rings (SSSR count). The van der Waals surface area contributed by atoms with E-state index in [-0.39, 0.29) is 0 Å². The summed E-state index contributed by atoms with van der Waals surface area (Å²) in [6.07, 6.45) is -5.41. The summed E-state index contributed by atoms with van der Waals surface area (Å²) in [7, 11) is 0. The maximum absolute atomic E-state index is 12.0. The third kappa shape index (κ3) is 7.01. The van der Waals surface area contributed by atoms with Gasteiger partial charge in [0.15, 0.2) is 6.10 Å². The average Bonchev–Trinajstić information content (AvgIpc) is 2.65. The quantitative estimate of drug-likeness (QED) is 0.776. The van der Waals surface area contributed by atoms with E-state index in [1.54, 1.807) is 17.4 Å². The van der Waals surface area contributed by atoms with Crippen LogP contribution in [0.3, 0.4) is 0 Å². The highest BCUT2D eigenvalue weighted by Gasteiger charge is 2.27. The lowest BCUT2D eigenvalue weighted by Gasteiger charge is -2.15. The molecule has 144 valence electrons. The molecule has 0 saturated carbocycles. The van der Waals surface area contributed by atoms with Crippen molar-refractivity contribution >= 4 is 11.8 Å². The summed E-state index contributed by atoms with van der Waals surface area (Å²) < 4.78 is 41.5. The molecule has 0 heterocycles. The van der Waals surface area contributed by atoms with Gasteiger partial charge in [-0.3, -0.25) is 9.59 Å². The van der Waals surface area contributed by atoms with Gasteiger partial charge in [0.25, 0.3) is 5.91 Å². The van der Waals surface area contributed by atoms with E-state index in [9.17, 15) is 22.8 Å². The molecule has 0 fully saturated rings. The Balaban J connectivity index is 1.81. The fourth-order valence-corrected chi connectivity index (χ4v) is 2.19. The minimum Gasteiger partial charge on any atom is -0.481 e. The number of halogens is 3. The van der Waals surface area contributed by atoms with Gasteiger partial charge in [0.1, 0.15) is 12.3 Å². The van der Waals surface area contributed by atoms with Crippen LogP contribution in [0.5, 0.6) is 5.75 Å². The van der Waals surface area contributed by atoms with Crippen molar-refractivity contribution in [2.75, 3.05) is 13.1 Å². The number of benzene rings is 2. The molecule has 0 aliphatic heterocycles. The summed E-state index contributed by atoms with van der Waals surface area (Å²) >= 11 is 0. The van der Waals surface area contributed by atoms with Crippen LogP contribution in [-0.4, -0.2) is 37.2 Å². The van der Waals surface area contributed by atoms with Crippen LogP contribution in [0.2, 0.25) is 0 Å². The summed E-state index contributed by atoms with van der Waals surface area (Å²) in [6, 6.07) is 16.8. The van der Waals surface area contributed by atoms with Gasteiger partial charge in [0.05, 0.1) is 6.54 Å². The Morgan fingerprint density at radius 1 is 0.963 bits per heavy atom. The van der Waals surface area contributed by atoms with Gasteiger partial charge in [-0.2, -0.15) is 13.2 Å². The largest absolute Gasteiger partial charge is 0.481 e. The van der Waals surface area contributed by atoms with Crippen molar-refractivity contribution in [3.05, 3.63) is 54.6 Å². The van der Waals surface area contributed by atoms with E-state index in [0.717, 1.165) is 11.1 Å². The van der Waals surface area contributed by atoms with Crippen molar-refractivity contribution in [3.63, 3.8) is 0 Å². The molecule has 0 radical (unpaired) electrons. The van der Waals surface area contributed by atoms with Crippen molar-refractivity contribution in [1.82, 2.24) is 10.6 Å². The number of carbonyl (C=O) groups excluding carboxylic acids is 2. The molecule has 27 heavy (non-hydrogen) atoms. The fraction of sp³-hybridized carbons (Fsp3) is 0.263. The topological polar surface area (TPSA) is 67.4 Å². The Bertz CT molecular complexity index is 762. The molecule has 0 bridgehead atoms. The number of alkyl halides is 3. The van der Waals surface area contributed by atoms with E-state index in [1.165, 1.54) is 6.92 Å². The fourth-order valence-electron chi connectivity index (χ4n) is 2.19. The number of hydrogen-bond acceptors (Lipinski definition) is 3. The first kappa shape index (κ1) is 20.3. The van der Waals surface area contributed by atoms with Crippen LogP contribution in [0.25, 0.3) is 11.1 Å². The third-order valence-corrected chi connectivity index (χ3v) is 3.55. The molecular formula is C19H19F3N2O3. The lowest BCUT2D eigenvalue weighted by Crippen LogP contribution is -2.44. The summed E-state index contributed by atoms with van der Waals surface area (Å²) in [4.78, 5) is 23.2. The highest BCUT2D eigenvalue weighted by Crippen LogP contribution is 2.22. The molecule has 1 unspecified atom stereocenters. The number of carbonyl (C=O) groups is 2. The highest BCUT2D eigenvalue weighted by atomic mass is 19.4. The minimum atomic E-state index is -4.50. The number of hydrogen-bond donors (Lipinski definition) is 2. The molecule has 2 amide bonds. The van der Waals surface area contributed by atoms with Crippen LogP contribution in [0.15, 0.2) is 54.6 Å². The molecule has 1 atom stereocenters. The molecule has 0 spiro atoms. The SMILES string of the molecule is CC(Oc1ccc(-c2ccccc2)cc1)C(=O)NCC(=O)NCC(F)(F)F. The Kier molecular flexibility index (Phi) is 6.81. The zero-order chi connectivity index (χ0) is 19.9. The van der Waals surface area contributed by atoms with Gasteiger partial charge >= 0.3 is 6.18 Å². The van der Waals surface area contributed by atoms with Crippen molar-refractivity contribution in [1.29, 1.82) is 0 Å². The number of ether oxygens (including phenoxy) is 1. The second-order valence-electron chi connectivity index (χ2n) is 5.76. The van der Waals surface area contributed by atoms with E-state index in [0.29, 0.717) is 5.75 Å². The van der Waals surface area contributed by atoms with Crippen LogP contribution >= 0.6 is 0 Å². The molecule has 0 saturated heterocycles. The molecule has 2 aromatic rings.